The first kappa shape index (κ1) is 16.2. The van der Waals surface area contributed by atoms with Gasteiger partial charge in [-0.2, -0.15) is 0 Å². The highest BCUT2D eigenvalue weighted by atomic mass is 16.7. The Morgan fingerprint density at radius 3 is 2.96 bits per heavy atom. The molecule has 1 aromatic heterocycles. The van der Waals surface area contributed by atoms with Gasteiger partial charge in [0.25, 0.3) is 5.91 Å². The molecule has 1 aliphatic rings. The van der Waals surface area contributed by atoms with Crippen LogP contribution >= 0.6 is 0 Å². The molecular weight excluding hydrogens is 330 g/mol. The molecule has 1 aliphatic heterocycles. The van der Waals surface area contributed by atoms with Gasteiger partial charge < -0.3 is 14.8 Å². The van der Waals surface area contributed by atoms with Crippen LogP contribution in [0.1, 0.15) is 18.5 Å². The summed E-state index contributed by atoms with van der Waals surface area (Å²) >= 11 is 0. The Bertz CT molecular complexity index is 993. The Hall–Kier alpha value is -3.28. The van der Waals surface area contributed by atoms with Crippen LogP contribution in [0.4, 0.5) is 0 Å². The zero-order valence-corrected chi connectivity index (χ0v) is 14.5. The van der Waals surface area contributed by atoms with Crippen LogP contribution in [0.15, 0.2) is 55.4 Å². The van der Waals surface area contributed by atoms with Crippen LogP contribution in [0, 0.1) is 0 Å². The van der Waals surface area contributed by atoms with E-state index in [0.717, 1.165) is 22.3 Å². The van der Waals surface area contributed by atoms with Gasteiger partial charge in [0, 0.05) is 6.54 Å². The van der Waals surface area contributed by atoms with Crippen LogP contribution in [0.5, 0.6) is 11.5 Å². The summed E-state index contributed by atoms with van der Waals surface area (Å²) < 4.78 is 14.5. The summed E-state index contributed by atoms with van der Waals surface area (Å²) in [5.74, 6) is 1.40. The van der Waals surface area contributed by atoms with Crippen LogP contribution in [0.2, 0.25) is 0 Å². The number of nitrogens with zero attached hydrogens (tertiary/aromatic N) is 2. The van der Waals surface area contributed by atoms with Crippen molar-refractivity contribution >= 4 is 23.1 Å². The predicted molar refractivity (Wildman–Crippen MR) is 97.6 cm³/mol. The molecule has 3 aromatic rings. The minimum Gasteiger partial charge on any atom is -0.454 e. The van der Waals surface area contributed by atoms with Crippen molar-refractivity contribution in [2.75, 3.05) is 6.79 Å². The molecular formula is C20H20N3O3+. The molecule has 0 saturated carbocycles. The van der Waals surface area contributed by atoms with Gasteiger partial charge >= 0.3 is 0 Å². The fourth-order valence-corrected chi connectivity index (χ4v) is 3.13. The van der Waals surface area contributed by atoms with E-state index in [0.29, 0.717) is 12.3 Å². The molecule has 132 valence electrons. The van der Waals surface area contributed by atoms with Gasteiger partial charge in [-0.15, -0.1) is 0 Å². The number of imidazole rings is 1. The number of amides is 1. The number of benzene rings is 2. The van der Waals surface area contributed by atoms with E-state index in [-0.39, 0.29) is 18.7 Å². The molecule has 6 nitrogen and oxygen atoms in total. The lowest BCUT2D eigenvalue weighted by Crippen LogP contribution is -2.46. The van der Waals surface area contributed by atoms with Gasteiger partial charge in [0.15, 0.2) is 28.6 Å². The topological polar surface area (TPSA) is 56.4 Å². The Balaban J connectivity index is 1.51. The number of carbonyl (C=O) groups is 1. The van der Waals surface area contributed by atoms with E-state index in [9.17, 15) is 4.79 Å². The molecule has 1 amide bonds. The quantitative estimate of drug-likeness (QED) is 0.720. The van der Waals surface area contributed by atoms with E-state index in [2.05, 4.69) is 11.9 Å². The molecule has 2 aromatic carbocycles. The molecule has 0 aliphatic carbocycles. The maximum Gasteiger partial charge on any atom is 0.265 e. The number of fused-ring (bicyclic) bond motifs is 2. The lowest BCUT2D eigenvalue weighted by Gasteiger charge is -2.10. The van der Waals surface area contributed by atoms with Crippen molar-refractivity contribution in [2.45, 2.75) is 19.5 Å². The summed E-state index contributed by atoms with van der Waals surface area (Å²) in [5.41, 5.74) is 2.96. The second-order valence-corrected chi connectivity index (χ2v) is 6.18. The van der Waals surface area contributed by atoms with Crippen molar-refractivity contribution in [2.24, 2.45) is 0 Å². The van der Waals surface area contributed by atoms with Gasteiger partial charge in [0.1, 0.15) is 0 Å². The standard InChI is InChI=1S/C20H19N3O3/c1-3-22-12-23(17-7-5-4-6-16(17)22)14(2)20(24)21-11-15-8-9-18-19(10-15)26-13-25-18/h3-10,12,14H,1,11,13H2,2H3/p+1/t14-/m1/s1. The van der Waals surface area contributed by atoms with Crippen molar-refractivity contribution in [1.82, 2.24) is 9.88 Å². The Morgan fingerprint density at radius 2 is 2.12 bits per heavy atom. The van der Waals surface area contributed by atoms with Gasteiger partial charge in [0.05, 0.1) is 6.20 Å². The van der Waals surface area contributed by atoms with Gasteiger partial charge in [-0.1, -0.05) is 24.8 Å². The van der Waals surface area contributed by atoms with E-state index in [1.807, 2.05) is 64.8 Å². The van der Waals surface area contributed by atoms with E-state index >= 15 is 0 Å². The van der Waals surface area contributed by atoms with E-state index < -0.39 is 0 Å². The number of aromatic nitrogens is 2. The Labute approximate surface area is 151 Å². The lowest BCUT2D eigenvalue weighted by atomic mass is 10.2. The fourth-order valence-electron chi connectivity index (χ4n) is 3.13. The average molecular weight is 350 g/mol. The van der Waals surface area contributed by atoms with Crippen molar-refractivity contribution in [3.63, 3.8) is 0 Å². The van der Waals surface area contributed by atoms with Crippen LogP contribution in [-0.4, -0.2) is 17.3 Å². The number of ether oxygens (including phenoxy) is 2. The highest BCUT2D eigenvalue weighted by molar-refractivity contribution is 5.80. The summed E-state index contributed by atoms with van der Waals surface area (Å²) in [6.45, 7) is 6.39. The highest BCUT2D eigenvalue weighted by Crippen LogP contribution is 2.32. The molecule has 4 rings (SSSR count). The van der Waals surface area contributed by atoms with Crippen LogP contribution in [0.25, 0.3) is 17.2 Å². The minimum absolute atomic E-state index is 0.0559. The maximum atomic E-state index is 12.7. The van der Waals surface area contributed by atoms with Gasteiger partial charge in [-0.05, 0) is 36.8 Å². The third-order valence-corrected chi connectivity index (χ3v) is 4.58. The van der Waals surface area contributed by atoms with Crippen molar-refractivity contribution in [3.05, 3.63) is 60.9 Å². The zero-order valence-electron chi connectivity index (χ0n) is 14.5. The number of para-hydroxylation sites is 2. The minimum atomic E-state index is -0.352. The summed E-state index contributed by atoms with van der Waals surface area (Å²) in [7, 11) is 0. The first-order chi connectivity index (χ1) is 12.7. The molecule has 1 N–H and O–H groups in total. The maximum absolute atomic E-state index is 12.7. The summed E-state index contributed by atoms with van der Waals surface area (Å²) in [6, 6.07) is 13.3. The van der Waals surface area contributed by atoms with E-state index in [1.54, 1.807) is 6.20 Å². The molecule has 1 atom stereocenters. The van der Waals surface area contributed by atoms with Crippen LogP contribution < -0.4 is 19.4 Å². The predicted octanol–water partition coefficient (Wildman–Crippen LogP) is 2.64. The molecule has 2 heterocycles. The normalized spacial score (nSPS) is 13.6. The van der Waals surface area contributed by atoms with Crippen LogP contribution in [-0.2, 0) is 11.3 Å². The molecule has 0 saturated heterocycles. The first-order valence-electron chi connectivity index (χ1n) is 8.47. The first-order valence-corrected chi connectivity index (χ1v) is 8.47. The van der Waals surface area contributed by atoms with Gasteiger partial charge in [-0.3, -0.25) is 4.79 Å². The smallest absolute Gasteiger partial charge is 0.265 e. The zero-order chi connectivity index (χ0) is 18.1. The molecule has 0 bridgehead atoms. The number of hydrogen-bond acceptors (Lipinski definition) is 3. The second kappa shape index (κ2) is 6.55. The lowest BCUT2D eigenvalue weighted by molar-refractivity contribution is -0.681. The SMILES string of the molecule is C=Cn1c[n+]([C@H](C)C(=O)NCc2ccc3c(c2)OCO3)c2ccccc21. The van der Waals surface area contributed by atoms with Crippen LogP contribution in [0.3, 0.4) is 0 Å². The summed E-state index contributed by atoms with van der Waals surface area (Å²) in [6.07, 6.45) is 3.62. The molecule has 0 fully saturated rings. The van der Waals surface area contributed by atoms with E-state index in [1.165, 1.54) is 0 Å². The highest BCUT2D eigenvalue weighted by Gasteiger charge is 2.24. The third-order valence-electron chi connectivity index (χ3n) is 4.58. The molecule has 0 radical (unpaired) electrons. The Kier molecular flexibility index (Phi) is 4.08. The molecule has 0 spiro atoms. The number of nitrogens with one attached hydrogen (secondary N) is 1. The monoisotopic (exact) mass is 350 g/mol. The summed E-state index contributed by atoms with van der Waals surface area (Å²) in [5, 5.41) is 2.99. The molecule has 0 unspecified atom stereocenters. The molecule has 26 heavy (non-hydrogen) atoms. The van der Waals surface area contributed by atoms with E-state index in [4.69, 9.17) is 9.47 Å². The molecule has 6 heteroatoms. The van der Waals surface area contributed by atoms with Crippen molar-refractivity contribution in [3.8, 4) is 11.5 Å². The Morgan fingerprint density at radius 1 is 1.31 bits per heavy atom. The van der Waals surface area contributed by atoms with Gasteiger partial charge in [0.2, 0.25) is 13.1 Å². The number of hydrogen-bond donors (Lipinski definition) is 1. The second-order valence-electron chi connectivity index (χ2n) is 6.18. The van der Waals surface area contributed by atoms with Crippen molar-refractivity contribution in [1.29, 1.82) is 0 Å². The summed E-state index contributed by atoms with van der Waals surface area (Å²) in [4.78, 5) is 12.7. The number of rotatable bonds is 5. The van der Waals surface area contributed by atoms with Gasteiger partial charge in [-0.25, -0.2) is 9.13 Å². The largest absolute Gasteiger partial charge is 0.454 e. The third kappa shape index (κ3) is 2.79. The fraction of sp³-hybridized carbons (Fsp3) is 0.200. The average Bonchev–Trinajstić information content (AvgIpc) is 3.29. The number of carbonyl (C=O) groups excluding carboxylic acids is 1. The van der Waals surface area contributed by atoms with Crippen molar-refractivity contribution < 1.29 is 18.8 Å².